The summed E-state index contributed by atoms with van der Waals surface area (Å²) >= 11 is 0. The van der Waals surface area contributed by atoms with Crippen molar-refractivity contribution < 1.29 is 0 Å². The topological polar surface area (TPSA) is 108 Å². The Morgan fingerprint density at radius 2 is 2.06 bits per heavy atom. The third-order valence-corrected chi connectivity index (χ3v) is 6.88. The number of pyridine rings is 1. The maximum atomic E-state index is 5.96. The molecule has 1 saturated heterocycles. The summed E-state index contributed by atoms with van der Waals surface area (Å²) in [5.74, 6) is 1.22. The lowest BCUT2D eigenvalue weighted by atomic mass is 9.75. The summed E-state index contributed by atoms with van der Waals surface area (Å²) in [7, 11) is 0. The average molecular weight is 432 g/mol. The molecule has 9 nitrogen and oxygen atoms in total. The van der Waals surface area contributed by atoms with Crippen LogP contribution in [-0.2, 0) is 13.0 Å². The van der Waals surface area contributed by atoms with Gasteiger partial charge in [0.2, 0.25) is 0 Å². The van der Waals surface area contributed by atoms with E-state index in [4.69, 9.17) is 5.73 Å². The number of hydrazine groups is 2. The van der Waals surface area contributed by atoms with E-state index >= 15 is 0 Å². The van der Waals surface area contributed by atoms with Crippen LogP contribution < -0.4 is 32.3 Å². The first-order chi connectivity index (χ1) is 15.7. The number of rotatable bonds is 5. The van der Waals surface area contributed by atoms with Crippen molar-refractivity contribution in [2.75, 3.05) is 41.1 Å². The fourth-order valence-electron chi connectivity index (χ4n) is 5.10. The second-order valence-electron chi connectivity index (χ2n) is 9.18. The van der Waals surface area contributed by atoms with E-state index in [9.17, 15) is 0 Å². The Bertz CT molecular complexity index is 1130. The molecule has 9 heteroatoms. The second-order valence-corrected chi connectivity index (χ2v) is 9.18. The fourth-order valence-corrected chi connectivity index (χ4v) is 5.10. The zero-order valence-electron chi connectivity index (χ0n) is 18.1. The molecule has 2 fully saturated rings. The van der Waals surface area contributed by atoms with Gasteiger partial charge in [0.05, 0.1) is 18.4 Å². The molecule has 2 aromatic heterocycles. The number of hydrogen-bond acceptors (Lipinski definition) is 8. The number of aromatic nitrogens is 3. The molecule has 0 unspecified atom stereocenters. The number of piperazine rings is 1. The molecule has 4 heterocycles. The zero-order valence-corrected chi connectivity index (χ0v) is 18.1. The van der Waals surface area contributed by atoms with Gasteiger partial charge in [-0.25, -0.2) is 4.98 Å². The van der Waals surface area contributed by atoms with Gasteiger partial charge in [0.25, 0.3) is 0 Å². The van der Waals surface area contributed by atoms with Crippen molar-refractivity contribution in [3.8, 4) is 0 Å². The van der Waals surface area contributed by atoms with Crippen LogP contribution in [0.2, 0.25) is 0 Å². The number of nitrogens with zero attached hydrogens (tertiary/aromatic N) is 4. The molecule has 1 aliphatic carbocycles. The fraction of sp³-hybridized carbons (Fsp3) is 0.391. The van der Waals surface area contributed by atoms with E-state index in [1.165, 1.54) is 30.5 Å². The van der Waals surface area contributed by atoms with Gasteiger partial charge >= 0.3 is 0 Å². The van der Waals surface area contributed by atoms with Crippen LogP contribution in [0.5, 0.6) is 0 Å². The number of anilines is 4. The van der Waals surface area contributed by atoms with Gasteiger partial charge in [0.15, 0.2) is 5.82 Å². The van der Waals surface area contributed by atoms with Crippen molar-refractivity contribution in [3.63, 3.8) is 0 Å². The monoisotopic (exact) mass is 431 g/mol. The predicted octanol–water partition coefficient (Wildman–Crippen LogP) is 2.09. The van der Waals surface area contributed by atoms with Crippen LogP contribution >= 0.6 is 0 Å². The standard InChI is InChI=1S/C23H29N9/c24-20-11-18(21-22(27-20)29-30-28-21)9-17-12-26-32(14-17)13-16-3-1-4-19(10-16)31-8-7-25-23(15-31)5-2-6-23/h1,3-4,10-12,14,25,28,30H,2,5-9,13,15H2,(H3,24,27,29). The minimum atomic E-state index is 0.349. The summed E-state index contributed by atoms with van der Waals surface area (Å²) in [4.78, 5) is 6.83. The Labute approximate surface area is 187 Å². The summed E-state index contributed by atoms with van der Waals surface area (Å²) in [6.45, 7) is 3.99. The van der Waals surface area contributed by atoms with Crippen LogP contribution in [0.4, 0.5) is 23.0 Å². The zero-order chi connectivity index (χ0) is 21.5. The smallest absolute Gasteiger partial charge is 0.169 e. The highest BCUT2D eigenvalue weighted by Gasteiger charge is 2.40. The summed E-state index contributed by atoms with van der Waals surface area (Å²) in [5.41, 5.74) is 21.0. The Kier molecular flexibility index (Phi) is 4.65. The molecule has 6 N–H and O–H groups in total. The van der Waals surface area contributed by atoms with Gasteiger partial charge in [-0.05, 0) is 54.2 Å². The van der Waals surface area contributed by atoms with Gasteiger partial charge in [-0.2, -0.15) is 5.10 Å². The largest absolute Gasteiger partial charge is 0.384 e. The number of fused-ring (bicyclic) bond motifs is 1. The predicted molar refractivity (Wildman–Crippen MR) is 126 cm³/mol. The van der Waals surface area contributed by atoms with E-state index in [-0.39, 0.29) is 0 Å². The molecule has 1 aromatic carbocycles. The minimum Gasteiger partial charge on any atom is -0.384 e. The maximum Gasteiger partial charge on any atom is 0.169 e. The van der Waals surface area contributed by atoms with Gasteiger partial charge in [0.1, 0.15) is 5.82 Å². The lowest BCUT2D eigenvalue weighted by Crippen LogP contribution is -2.64. The molecule has 1 spiro atoms. The Morgan fingerprint density at radius 3 is 2.94 bits per heavy atom. The summed E-state index contributed by atoms with van der Waals surface area (Å²) < 4.78 is 2.01. The van der Waals surface area contributed by atoms with Crippen LogP contribution in [0.1, 0.15) is 36.0 Å². The highest BCUT2D eigenvalue weighted by molar-refractivity contribution is 5.74. The van der Waals surface area contributed by atoms with Gasteiger partial charge in [-0.1, -0.05) is 12.1 Å². The van der Waals surface area contributed by atoms with Crippen molar-refractivity contribution >= 4 is 23.0 Å². The Hall–Kier alpha value is -3.30. The van der Waals surface area contributed by atoms with Crippen molar-refractivity contribution in [3.05, 3.63) is 59.4 Å². The summed E-state index contributed by atoms with van der Waals surface area (Å²) in [6, 6.07) is 10.8. The number of benzene rings is 1. The molecule has 166 valence electrons. The van der Waals surface area contributed by atoms with E-state index in [0.29, 0.717) is 11.4 Å². The van der Waals surface area contributed by atoms with E-state index in [2.05, 4.69) is 67.1 Å². The molecule has 1 saturated carbocycles. The molecule has 0 bridgehead atoms. The minimum absolute atomic E-state index is 0.349. The lowest BCUT2D eigenvalue weighted by molar-refractivity contribution is 0.173. The summed E-state index contributed by atoms with van der Waals surface area (Å²) in [5, 5.41) is 8.35. The van der Waals surface area contributed by atoms with Crippen molar-refractivity contribution in [1.29, 1.82) is 0 Å². The first kappa shape index (κ1) is 19.4. The van der Waals surface area contributed by atoms with E-state index in [0.717, 1.165) is 55.2 Å². The highest BCUT2D eigenvalue weighted by atomic mass is 15.6. The van der Waals surface area contributed by atoms with Crippen LogP contribution in [0.25, 0.3) is 0 Å². The van der Waals surface area contributed by atoms with E-state index in [1.54, 1.807) is 0 Å². The highest BCUT2D eigenvalue weighted by Crippen LogP contribution is 2.35. The molecule has 3 aliphatic rings. The number of nitrogens with one attached hydrogen (secondary N) is 4. The number of hydrogen-bond donors (Lipinski definition) is 5. The van der Waals surface area contributed by atoms with Gasteiger partial charge < -0.3 is 21.4 Å². The lowest BCUT2D eigenvalue weighted by Gasteiger charge is -2.50. The van der Waals surface area contributed by atoms with Gasteiger partial charge in [-0.15, -0.1) is 5.53 Å². The van der Waals surface area contributed by atoms with Gasteiger partial charge in [-0.3, -0.25) is 10.1 Å². The molecule has 0 radical (unpaired) electrons. The van der Waals surface area contributed by atoms with E-state index < -0.39 is 0 Å². The summed E-state index contributed by atoms with van der Waals surface area (Å²) in [6.07, 6.45) is 8.72. The molecule has 6 rings (SSSR count). The van der Waals surface area contributed by atoms with Crippen molar-refractivity contribution in [1.82, 2.24) is 25.6 Å². The van der Waals surface area contributed by atoms with Gasteiger partial charge in [0, 0.05) is 43.5 Å². The van der Waals surface area contributed by atoms with E-state index in [1.807, 2.05) is 16.9 Å². The number of nitrogens with two attached hydrogens (primary N) is 1. The van der Waals surface area contributed by atoms with Crippen LogP contribution in [0.15, 0.2) is 42.7 Å². The molecule has 0 atom stereocenters. The SMILES string of the molecule is Nc1cc(Cc2cnn(Cc3cccc(N4CCNC5(CCC5)C4)c3)c2)c2c(n1)NNN2. The molecule has 3 aromatic rings. The third kappa shape index (κ3) is 3.63. The third-order valence-electron chi connectivity index (χ3n) is 6.88. The first-order valence-corrected chi connectivity index (χ1v) is 11.3. The van der Waals surface area contributed by atoms with Crippen LogP contribution in [-0.4, -0.2) is 39.9 Å². The molecule has 0 amide bonds. The first-order valence-electron chi connectivity index (χ1n) is 11.3. The average Bonchev–Trinajstić information content (AvgIpc) is 3.42. The second kappa shape index (κ2) is 7.68. The maximum absolute atomic E-state index is 5.96. The van der Waals surface area contributed by atoms with Crippen molar-refractivity contribution in [2.45, 2.75) is 37.8 Å². The molecular formula is C23H29N9. The molecule has 32 heavy (non-hydrogen) atoms. The Balaban J connectivity index is 1.16. The normalized spacial score (nSPS) is 18.7. The Morgan fingerprint density at radius 1 is 1.12 bits per heavy atom. The number of nitrogen functional groups attached to an aromatic ring is 1. The van der Waals surface area contributed by atoms with Crippen LogP contribution in [0.3, 0.4) is 0 Å². The van der Waals surface area contributed by atoms with Crippen molar-refractivity contribution in [2.24, 2.45) is 0 Å². The van der Waals surface area contributed by atoms with Crippen LogP contribution in [0, 0.1) is 0 Å². The molecular weight excluding hydrogens is 402 g/mol. The quantitative estimate of drug-likeness (QED) is 0.418. The molecule has 2 aliphatic heterocycles.